The van der Waals surface area contributed by atoms with Gasteiger partial charge < -0.3 is 9.64 Å². The molecule has 6 heteroatoms. The van der Waals surface area contributed by atoms with Crippen molar-refractivity contribution in [2.45, 2.75) is 39.4 Å². The van der Waals surface area contributed by atoms with E-state index >= 15 is 0 Å². The van der Waals surface area contributed by atoms with Crippen molar-refractivity contribution in [2.75, 3.05) is 13.1 Å². The van der Waals surface area contributed by atoms with Crippen molar-refractivity contribution in [1.29, 1.82) is 0 Å². The Morgan fingerprint density at radius 1 is 1.30 bits per heavy atom. The number of carbonyl (C=O) groups is 1. The second kappa shape index (κ2) is 5.77. The van der Waals surface area contributed by atoms with Crippen molar-refractivity contribution < 1.29 is 9.53 Å². The first-order valence-electron chi connectivity index (χ1n) is 7.80. The van der Waals surface area contributed by atoms with Crippen LogP contribution in [-0.2, 0) is 4.74 Å². The number of morpholine rings is 1. The van der Waals surface area contributed by atoms with Gasteiger partial charge in [0.25, 0.3) is 5.91 Å². The van der Waals surface area contributed by atoms with Crippen LogP contribution in [0.4, 0.5) is 0 Å². The predicted molar refractivity (Wildman–Crippen MR) is 86.6 cm³/mol. The maximum Gasteiger partial charge on any atom is 0.276 e. The molecule has 1 aliphatic heterocycles. The normalized spacial score (nSPS) is 20.5. The number of aromatic nitrogens is 3. The molecule has 0 aliphatic carbocycles. The van der Waals surface area contributed by atoms with Crippen molar-refractivity contribution >= 4 is 5.91 Å². The Balaban J connectivity index is 1.79. The highest BCUT2D eigenvalue weighted by Crippen LogP contribution is 2.22. The van der Waals surface area contributed by atoms with E-state index in [0.29, 0.717) is 18.8 Å². The molecule has 23 heavy (non-hydrogen) atoms. The summed E-state index contributed by atoms with van der Waals surface area (Å²) in [6, 6.07) is 7.92. The highest BCUT2D eigenvalue weighted by molar-refractivity contribution is 5.92. The summed E-state index contributed by atoms with van der Waals surface area (Å²) < 4.78 is 7.47. The lowest BCUT2D eigenvalue weighted by Gasteiger charge is -2.41. The van der Waals surface area contributed by atoms with Gasteiger partial charge in [-0.2, -0.15) is 0 Å². The maximum atomic E-state index is 12.7. The molecule has 1 amide bonds. The van der Waals surface area contributed by atoms with Crippen LogP contribution in [0, 0.1) is 6.92 Å². The van der Waals surface area contributed by atoms with E-state index in [9.17, 15) is 4.79 Å². The summed E-state index contributed by atoms with van der Waals surface area (Å²) >= 11 is 0. The fourth-order valence-corrected chi connectivity index (χ4v) is 2.96. The lowest BCUT2D eigenvalue weighted by Crippen LogP contribution is -2.53. The molecule has 1 unspecified atom stereocenters. The number of amides is 1. The van der Waals surface area contributed by atoms with E-state index in [2.05, 4.69) is 10.3 Å². The molecule has 0 radical (unpaired) electrons. The van der Waals surface area contributed by atoms with Crippen LogP contribution in [0.2, 0.25) is 0 Å². The molecule has 1 atom stereocenters. The standard InChI is InChI=1S/C17H22N4O2/c1-12-5-7-14(8-6-12)21-10-15(18-19-21)16(22)20-9-13(2)23-17(3,4)11-20/h5-8,10,13H,9,11H2,1-4H3. The highest BCUT2D eigenvalue weighted by Gasteiger charge is 2.34. The van der Waals surface area contributed by atoms with E-state index in [1.807, 2.05) is 52.0 Å². The summed E-state index contributed by atoms with van der Waals surface area (Å²) in [7, 11) is 0. The Kier molecular flexibility index (Phi) is 3.93. The van der Waals surface area contributed by atoms with Crippen LogP contribution in [0.5, 0.6) is 0 Å². The Morgan fingerprint density at radius 2 is 2.00 bits per heavy atom. The average molecular weight is 314 g/mol. The number of ether oxygens (including phenoxy) is 1. The topological polar surface area (TPSA) is 60.2 Å². The molecule has 0 N–H and O–H groups in total. The van der Waals surface area contributed by atoms with Crippen LogP contribution in [0.15, 0.2) is 30.5 Å². The zero-order valence-corrected chi connectivity index (χ0v) is 14.0. The van der Waals surface area contributed by atoms with Crippen LogP contribution in [0.1, 0.15) is 36.8 Å². The minimum atomic E-state index is -0.347. The van der Waals surface area contributed by atoms with Crippen LogP contribution in [0.25, 0.3) is 5.69 Å². The monoisotopic (exact) mass is 314 g/mol. The van der Waals surface area contributed by atoms with Gasteiger partial charge in [0.05, 0.1) is 23.6 Å². The molecular formula is C17H22N4O2. The first kappa shape index (κ1) is 15.7. The first-order valence-corrected chi connectivity index (χ1v) is 7.80. The van der Waals surface area contributed by atoms with Gasteiger partial charge in [0.15, 0.2) is 5.69 Å². The van der Waals surface area contributed by atoms with Gasteiger partial charge in [-0.25, -0.2) is 4.68 Å². The van der Waals surface area contributed by atoms with E-state index in [-0.39, 0.29) is 17.6 Å². The van der Waals surface area contributed by atoms with Gasteiger partial charge in [-0.15, -0.1) is 5.10 Å². The van der Waals surface area contributed by atoms with Gasteiger partial charge in [0, 0.05) is 13.1 Å². The molecule has 6 nitrogen and oxygen atoms in total. The summed E-state index contributed by atoms with van der Waals surface area (Å²) in [5.41, 5.74) is 2.07. The minimum absolute atomic E-state index is 0.00911. The SMILES string of the molecule is Cc1ccc(-n2cc(C(=O)N3CC(C)OC(C)(C)C3)nn2)cc1. The molecule has 1 saturated heterocycles. The summed E-state index contributed by atoms with van der Waals surface area (Å²) in [6.45, 7) is 9.11. The van der Waals surface area contributed by atoms with Gasteiger partial charge in [0.1, 0.15) is 0 Å². The smallest absolute Gasteiger partial charge is 0.276 e. The van der Waals surface area contributed by atoms with Gasteiger partial charge in [-0.1, -0.05) is 22.9 Å². The lowest BCUT2D eigenvalue weighted by molar-refractivity contribution is -0.118. The first-order chi connectivity index (χ1) is 10.8. The third-order valence-corrected chi connectivity index (χ3v) is 3.87. The van der Waals surface area contributed by atoms with E-state index < -0.39 is 0 Å². The average Bonchev–Trinajstić information content (AvgIpc) is 2.95. The zero-order valence-electron chi connectivity index (χ0n) is 14.0. The molecule has 122 valence electrons. The molecule has 3 rings (SSSR count). The molecule has 1 fully saturated rings. The predicted octanol–water partition coefficient (Wildman–Crippen LogP) is 2.22. The summed E-state index contributed by atoms with van der Waals surface area (Å²) in [5, 5.41) is 8.12. The van der Waals surface area contributed by atoms with E-state index in [1.165, 1.54) is 5.56 Å². The summed E-state index contributed by atoms with van der Waals surface area (Å²) in [4.78, 5) is 14.5. The highest BCUT2D eigenvalue weighted by atomic mass is 16.5. The number of benzene rings is 1. The van der Waals surface area contributed by atoms with Crippen LogP contribution in [-0.4, -0.2) is 50.6 Å². The number of carbonyl (C=O) groups excluding carboxylic acids is 1. The number of aryl methyl sites for hydroxylation is 1. The van der Waals surface area contributed by atoms with Gasteiger partial charge in [-0.05, 0) is 39.8 Å². The quantitative estimate of drug-likeness (QED) is 0.853. The van der Waals surface area contributed by atoms with Crippen LogP contribution in [0.3, 0.4) is 0 Å². The zero-order chi connectivity index (χ0) is 16.6. The molecule has 0 bridgehead atoms. The Bertz CT molecular complexity index is 706. The summed E-state index contributed by atoms with van der Waals surface area (Å²) in [6.07, 6.45) is 1.69. The molecule has 1 aromatic carbocycles. The minimum Gasteiger partial charge on any atom is -0.369 e. The van der Waals surface area contributed by atoms with Crippen molar-refractivity contribution in [3.05, 3.63) is 41.7 Å². The Hall–Kier alpha value is -2.21. The van der Waals surface area contributed by atoms with Gasteiger partial charge >= 0.3 is 0 Å². The molecule has 2 aromatic rings. The maximum absolute atomic E-state index is 12.7. The molecule has 1 aliphatic rings. The van der Waals surface area contributed by atoms with Crippen molar-refractivity contribution in [1.82, 2.24) is 19.9 Å². The van der Waals surface area contributed by atoms with E-state index in [1.54, 1.807) is 15.8 Å². The fourth-order valence-electron chi connectivity index (χ4n) is 2.96. The van der Waals surface area contributed by atoms with Gasteiger partial charge in [-0.3, -0.25) is 4.79 Å². The number of hydrogen-bond acceptors (Lipinski definition) is 4. The third-order valence-electron chi connectivity index (χ3n) is 3.87. The second-order valence-corrected chi connectivity index (χ2v) is 6.76. The van der Waals surface area contributed by atoms with Crippen molar-refractivity contribution in [2.24, 2.45) is 0 Å². The molecule has 2 heterocycles. The number of nitrogens with zero attached hydrogens (tertiary/aromatic N) is 4. The van der Waals surface area contributed by atoms with Crippen molar-refractivity contribution in [3.8, 4) is 5.69 Å². The third kappa shape index (κ3) is 3.42. The Labute approximate surface area is 136 Å². The van der Waals surface area contributed by atoms with E-state index in [4.69, 9.17) is 4.74 Å². The second-order valence-electron chi connectivity index (χ2n) is 6.76. The van der Waals surface area contributed by atoms with Gasteiger partial charge in [0.2, 0.25) is 0 Å². The number of rotatable bonds is 2. The molecular weight excluding hydrogens is 292 g/mol. The Morgan fingerprint density at radius 3 is 2.65 bits per heavy atom. The fraction of sp³-hybridized carbons (Fsp3) is 0.471. The van der Waals surface area contributed by atoms with Crippen LogP contribution < -0.4 is 0 Å². The largest absolute Gasteiger partial charge is 0.369 e. The van der Waals surface area contributed by atoms with E-state index in [0.717, 1.165) is 5.69 Å². The van der Waals surface area contributed by atoms with Crippen LogP contribution >= 0.6 is 0 Å². The lowest BCUT2D eigenvalue weighted by atomic mass is 10.1. The molecule has 0 spiro atoms. The number of hydrogen-bond donors (Lipinski definition) is 0. The summed E-state index contributed by atoms with van der Waals surface area (Å²) in [5.74, 6) is -0.105. The van der Waals surface area contributed by atoms with Crippen molar-refractivity contribution in [3.63, 3.8) is 0 Å². The molecule has 1 aromatic heterocycles. The molecule has 0 saturated carbocycles.